The summed E-state index contributed by atoms with van der Waals surface area (Å²) in [5.74, 6) is 1.92. The highest BCUT2D eigenvalue weighted by atomic mass is 16.5. The predicted molar refractivity (Wildman–Crippen MR) is 77.6 cm³/mol. The molecule has 3 nitrogen and oxygen atoms in total. The number of phenolic OH excluding ortho intramolecular Hbond substituents is 1. The lowest BCUT2D eigenvalue weighted by Gasteiger charge is -2.21. The number of hydrogen-bond acceptors (Lipinski definition) is 3. The van der Waals surface area contributed by atoms with Crippen LogP contribution in [0.3, 0.4) is 0 Å². The summed E-state index contributed by atoms with van der Waals surface area (Å²) in [4.78, 5) is 0. The summed E-state index contributed by atoms with van der Waals surface area (Å²) in [6, 6.07) is 5.47. The van der Waals surface area contributed by atoms with Crippen LogP contribution in [0.4, 0.5) is 0 Å². The fraction of sp³-hybridized carbons (Fsp3) is 0.625. The molecule has 0 amide bonds. The van der Waals surface area contributed by atoms with Crippen LogP contribution < -0.4 is 10.1 Å². The minimum atomic E-state index is 0.310. The van der Waals surface area contributed by atoms with E-state index in [1.54, 1.807) is 13.2 Å². The summed E-state index contributed by atoms with van der Waals surface area (Å²) in [5.41, 5.74) is 0.935. The zero-order valence-corrected chi connectivity index (χ0v) is 11.8. The second-order valence-corrected chi connectivity index (χ2v) is 5.46. The maximum atomic E-state index is 9.85. The van der Waals surface area contributed by atoms with Gasteiger partial charge in [-0.1, -0.05) is 38.2 Å². The molecule has 0 aromatic heterocycles. The van der Waals surface area contributed by atoms with Crippen molar-refractivity contribution in [1.82, 2.24) is 5.32 Å². The summed E-state index contributed by atoms with van der Waals surface area (Å²) in [6.07, 6.45) is 8.29. The Hall–Kier alpha value is -1.22. The minimum Gasteiger partial charge on any atom is -0.507 e. The van der Waals surface area contributed by atoms with E-state index in [0.717, 1.165) is 24.6 Å². The number of ether oxygens (including phenoxy) is 1. The molecule has 0 saturated heterocycles. The Morgan fingerprint density at radius 2 is 2.05 bits per heavy atom. The molecule has 0 heterocycles. The Bertz CT molecular complexity index is 386. The monoisotopic (exact) mass is 263 g/mol. The summed E-state index contributed by atoms with van der Waals surface area (Å²) in [5, 5.41) is 13.3. The van der Waals surface area contributed by atoms with Gasteiger partial charge in [-0.2, -0.15) is 0 Å². The lowest BCUT2D eigenvalue weighted by Crippen LogP contribution is -2.19. The van der Waals surface area contributed by atoms with E-state index >= 15 is 0 Å². The van der Waals surface area contributed by atoms with Gasteiger partial charge in [0.25, 0.3) is 0 Å². The molecule has 19 heavy (non-hydrogen) atoms. The molecule has 3 heteroatoms. The van der Waals surface area contributed by atoms with Crippen LogP contribution in [0.2, 0.25) is 0 Å². The van der Waals surface area contributed by atoms with Gasteiger partial charge in [0.05, 0.1) is 7.11 Å². The van der Waals surface area contributed by atoms with Crippen molar-refractivity contribution in [3.8, 4) is 11.5 Å². The fourth-order valence-electron chi connectivity index (χ4n) is 2.83. The molecule has 0 aliphatic heterocycles. The standard InChI is InChI=1S/C16H25NO2/c1-19-15-8-7-14(16(18)11-15)12-17-10-9-13-5-3-2-4-6-13/h7-8,11,13,17-18H,2-6,9-10,12H2,1H3. The summed E-state index contributed by atoms with van der Waals surface area (Å²) in [7, 11) is 1.61. The average Bonchev–Trinajstić information content (AvgIpc) is 2.46. The number of hydrogen-bond donors (Lipinski definition) is 2. The van der Waals surface area contributed by atoms with Gasteiger partial charge in [0.15, 0.2) is 0 Å². The Balaban J connectivity index is 1.70. The summed E-state index contributed by atoms with van der Waals surface area (Å²) >= 11 is 0. The third-order valence-corrected chi connectivity index (χ3v) is 4.06. The molecule has 1 fully saturated rings. The third kappa shape index (κ3) is 4.43. The number of rotatable bonds is 6. The van der Waals surface area contributed by atoms with Crippen LogP contribution in [0.5, 0.6) is 11.5 Å². The van der Waals surface area contributed by atoms with Crippen molar-refractivity contribution in [2.24, 2.45) is 5.92 Å². The van der Waals surface area contributed by atoms with Gasteiger partial charge in [0.1, 0.15) is 11.5 Å². The van der Waals surface area contributed by atoms with E-state index in [-0.39, 0.29) is 0 Å². The lowest BCUT2D eigenvalue weighted by atomic mass is 9.87. The molecule has 1 saturated carbocycles. The zero-order valence-electron chi connectivity index (χ0n) is 11.8. The molecule has 0 bridgehead atoms. The van der Waals surface area contributed by atoms with Crippen LogP contribution >= 0.6 is 0 Å². The van der Waals surface area contributed by atoms with Crippen molar-refractivity contribution in [1.29, 1.82) is 0 Å². The third-order valence-electron chi connectivity index (χ3n) is 4.06. The molecule has 1 aliphatic carbocycles. The van der Waals surface area contributed by atoms with Gasteiger partial charge in [-0.05, 0) is 24.9 Å². The van der Waals surface area contributed by atoms with E-state index < -0.39 is 0 Å². The van der Waals surface area contributed by atoms with E-state index in [2.05, 4.69) is 5.32 Å². The van der Waals surface area contributed by atoms with Crippen LogP contribution in [0.25, 0.3) is 0 Å². The number of nitrogens with one attached hydrogen (secondary N) is 1. The molecule has 0 radical (unpaired) electrons. The molecular formula is C16H25NO2. The van der Waals surface area contributed by atoms with Gasteiger partial charge in [-0.3, -0.25) is 0 Å². The van der Waals surface area contributed by atoms with Gasteiger partial charge in [-0.25, -0.2) is 0 Å². The number of phenols is 1. The van der Waals surface area contributed by atoms with Gasteiger partial charge in [0, 0.05) is 18.2 Å². The van der Waals surface area contributed by atoms with Crippen molar-refractivity contribution in [3.05, 3.63) is 23.8 Å². The highest BCUT2D eigenvalue weighted by molar-refractivity contribution is 5.39. The van der Waals surface area contributed by atoms with Crippen LogP contribution in [0, 0.1) is 5.92 Å². The SMILES string of the molecule is COc1ccc(CNCCC2CCCCC2)c(O)c1. The first-order chi connectivity index (χ1) is 9.29. The van der Waals surface area contributed by atoms with E-state index in [1.807, 2.05) is 12.1 Å². The molecular weight excluding hydrogens is 238 g/mol. The van der Waals surface area contributed by atoms with Crippen LogP contribution in [0.15, 0.2) is 18.2 Å². The van der Waals surface area contributed by atoms with Crippen LogP contribution in [-0.2, 0) is 6.54 Å². The second-order valence-electron chi connectivity index (χ2n) is 5.46. The zero-order chi connectivity index (χ0) is 13.5. The Kier molecular flexibility index (Phi) is 5.52. The molecule has 106 valence electrons. The van der Waals surface area contributed by atoms with Gasteiger partial charge in [-0.15, -0.1) is 0 Å². The van der Waals surface area contributed by atoms with Crippen molar-refractivity contribution in [2.75, 3.05) is 13.7 Å². The van der Waals surface area contributed by atoms with Crippen molar-refractivity contribution < 1.29 is 9.84 Å². The maximum Gasteiger partial charge on any atom is 0.123 e. The van der Waals surface area contributed by atoms with Crippen LogP contribution in [-0.4, -0.2) is 18.8 Å². The lowest BCUT2D eigenvalue weighted by molar-refractivity contribution is 0.333. The van der Waals surface area contributed by atoms with E-state index in [9.17, 15) is 5.11 Å². The Labute approximate surface area is 116 Å². The van der Waals surface area contributed by atoms with Gasteiger partial charge in [0.2, 0.25) is 0 Å². The first kappa shape index (κ1) is 14.2. The molecule has 1 aromatic carbocycles. The smallest absolute Gasteiger partial charge is 0.123 e. The normalized spacial score (nSPS) is 16.5. The Morgan fingerprint density at radius 3 is 2.74 bits per heavy atom. The number of benzene rings is 1. The number of methoxy groups -OCH3 is 1. The van der Waals surface area contributed by atoms with Crippen molar-refractivity contribution in [3.63, 3.8) is 0 Å². The molecule has 0 unspecified atom stereocenters. The van der Waals surface area contributed by atoms with E-state index in [1.165, 1.54) is 38.5 Å². The highest BCUT2D eigenvalue weighted by Gasteiger charge is 2.12. The first-order valence-corrected chi connectivity index (χ1v) is 7.36. The topological polar surface area (TPSA) is 41.5 Å². The predicted octanol–water partition coefficient (Wildman–Crippen LogP) is 3.46. The number of aromatic hydroxyl groups is 1. The van der Waals surface area contributed by atoms with Crippen LogP contribution in [0.1, 0.15) is 44.1 Å². The summed E-state index contributed by atoms with van der Waals surface area (Å²) in [6.45, 7) is 1.76. The quantitative estimate of drug-likeness (QED) is 0.772. The van der Waals surface area contributed by atoms with Crippen molar-refractivity contribution >= 4 is 0 Å². The second kappa shape index (κ2) is 7.39. The first-order valence-electron chi connectivity index (χ1n) is 7.36. The molecule has 1 aromatic rings. The van der Waals surface area contributed by atoms with Gasteiger partial charge >= 0.3 is 0 Å². The van der Waals surface area contributed by atoms with E-state index in [0.29, 0.717) is 11.5 Å². The summed E-state index contributed by atoms with van der Waals surface area (Å²) < 4.78 is 5.07. The highest BCUT2D eigenvalue weighted by Crippen LogP contribution is 2.26. The maximum absolute atomic E-state index is 9.85. The minimum absolute atomic E-state index is 0.310. The molecule has 0 atom stereocenters. The average molecular weight is 263 g/mol. The largest absolute Gasteiger partial charge is 0.507 e. The Morgan fingerprint density at radius 1 is 1.26 bits per heavy atom. The fourth-order valence-corrected chi connectivity index (χ4v) is 2.83. The molecule has 0 spiro atoms. The molecule has 1 aliphatic rings. The van der Waals surface area contributed by atoms with E-state index in [4.69, 9.17) is 4.74 Å². The molecule has 2 N–H and O–H groups in total. The molecule has 2 rings (SSSR count). The van der Waals surface area contributed by atoms with Crippen molar-refractivity contribution in [2.45, 2.75) is 45.1 Å². The van der Waals surface area contributed by atoms with Gasteiger partial charge < -0.3 is 15.2 Å².